The van der Waals surface area contributed by atoms with Crippen molar-refractivity contribution in [3.05, 3.63) is 29.8 Å². The number of nitrogen functional groups attached to an aromatic ring is 1. The minimum absolute atomic E-state index is 0.0941. The highest BCUT2D eigenvalue weighted by atomic mass is 16.5. The van der Waals surface area contributed by atoms with E-state index in [9.17, 15) is 0 Å². The molecule has 1 aliphatic heterocycles. The highest BCUT2D eigenvalue weighted by molar-refractivity contribution is 5.94. The fourth-order valence-corrected chi connectivity index (χ4v) is 2.88. The summed E-state index contributed by atoms with van der Waals surface area (Å²) < 4.78 is 5.78. The van der Waals surface area contributed by atoms with Gasteiger partial charge in [-0.05, 0) is 62.5 Å². The van der Waals surface area contributed by atoms with Gasteiger partial charge >= 0.3 is 0 Å². The van der Waals surface area contributed by atoms with Crippen LogP contribution in [-0.2, 0) is 0 Å². The Kier molecular flexibility index (Phi) is 6.05. The molecular weight excluding hydrogens is 262 g/mol. The lowest BCUT2D eigenvalue weighted by atomic mass is 9.98. The zero-order valence-corrected chi connectivity index (χ0v) is 13.0. The van der Waals surface area contributed by atoms with E-state index in [4.69, 9.17) is 15.9 Å². The van der Waals surface area contributed by atoms with Crippen molar-refractivity contribution in [2.45, 2.75) is 32.6 Å². The monoisotopic (exact) mass is 289 g/mol. The molecule has 0 aromatic heterocycles. The predicted molar refractivity (Wildman–Crippen MR) is 87.0 cm³/mol. The third kappa shape index (κ3) is 5.05. The van der Waals surface area contributed by atoms with Crippen LogP contribution in [-0.4, -0.2) is 37.0 Å². The van der Waals surface area contributed by atoms with Crippen LogP contribution in [0.25, 0.3) is 0 Å². The van der Waals surface area contributed by atoms with Crippen LogP contribution in [0.5, 0.6) is 5.75 Å². The van der Waals surface area contributed by atoms with Gasteiger partial charge in [0.25, 0.3) is 0 Å². The van der Waals surface area contributed by atoms with Crippen molar-refractivity contribution < 1.29 is 4.74 Å². The van der Waals surface area contributed by atoms with Crippen LogP contribution in [0.4, 0.5) is 0 Å². The van der Waals surface area contributed by atoms with E-state index in [1.807, 2.05) is 24.3 Å². The lowest BCUT2D eigenvalue weighted by Gasteiger charge is -2.20. The lowest BCUT2D eigenvalue weighted by Crippen LogP contribution is -2.29. The van der Waals surface area contributed by atoms with Gasteiger partial charge in [0.05, 0.1) is 0 Å². The maximum atomic E-state index is 7.36. The number of amidine groups is 1. The molecule has 0 amide bonds. The largest absolute Gasteiger partial charge is 0.492 e. The Hall–Kier alpha value is -1.55. The summed E-state index contributed by atoms with van der Waals surface area (Å²) in [5.74, 6) is 1.85. The van der Waals surface area contributed by atoms with Gasteiger partial charge in [-0.15, -0.1) is 0 Å². The van der Waals surface area contributed by atoms with Gasteiger partial charge in [0.1, 0.15) is 18.2 Å². The molecule has 1 aromatic rings. The zero-order valence-electron chi connectivity index (χ0n) is 13.0. The second-order valence-electron chi connectivity index (χ2n) is 5.83. The van der Waals surface area contributed by atoms with E-state index in [1.165, 1.54) is 38.8 Å². The standard InChI is InChI=1S/C17H27N3O/c1-2-14-4-3-10-20(11-9-14)12-13-21-16-7-5-15(6-8-16)17(18)19/h5-8,14H,2-4,9-13H2,1H3,(H3,18,19). The number of ether oxygens (including phenoxy) is 1. The zero-order chi connectivity index (χ0) is 15.1. The molecule has 116 valence electrons. The van der Waals surface area contributed by atoms with Crippen LogP contribution in [0.1, 0.15) is 38.2 Å². The maximum absolute atomic E-state index is 7.36. The van der Waals surface area contributed by atoms with E-state index in [-0.39, 0.29) is 5.84 Å². The SMILES string of the molecule is CCC1CCCN(CCOc2ccc(C(=N)N)cc2)CC1. The first-order valence-electron chi connectivity index (χ1n) is 7.98. The Morgan fingerprint density at radius 3 is 2.71 bits per heavy atom. The molecule has 0 aliphatic carbocycles. The molecular formula is C17H27N3O. The summed E-state index contributed by atoms with van der Waals surface area (Å²) in [5, 5.41) is 7.36. The second kappa shape index (κ2) is 8.03. The van der Waals surface area contributed by atoms with Crippen LogP contribution in [0, 0.1) is 11.3 Å². The molecule has 2 rings (SSSR count). The summed E-state index contributed by atoms with van der Waals surface area (Å²) >= 11 is 0. The molecule has 1 unspecified atom stereocenters. The van der Waals surface area contributed by atoms with Gasteiger partial charge in [0, 0.05) is 12.1 Å². The van der Waals surface area contributed by atoms with E-state index in [2.05, 4.69) is 11.8 Å². The van der Waals surface area contributed by atoms with Gasteiger partial charge in [0.2, 0.25) is 0 Å². The number of rotatable bonds is 6. The third-order valence-corrected chi connectivity index (χ3v) is 4.36. The van der Waals surface area contributed by atoms with Gasteiger partial charge in [-0.1, -0.05) is 13.3 Å². The number of nitrogens with one attached hydrogen (secondary N) is 1. The Morgan fingerprint density at radius 1 is 1.29 bits per heavy atom. The van der Waals surface area contributed by atoms with Crippen molar-refractivity contribution in [1.29, 1.82) is 5.41 Å². The molecule has 0 spiro atoms. The molecule has 4 heteroatoms. The summed E-state index contributed by atoms with van der Waals surface area (Å²) in [4.78, 5) is 2.51. The van der Waals surface area contributed by atoms with Gasteiger partial charge < -0.3 is 10.5 Å². The minimum atomic E-state index is 0.0941. The molecule has 21 heavy (non-hydrogen) atoms. The van der Waals surface area contributed by atoms with Crippen LogP contribution in [0.2, 0.25) is 0 Å². The number of nitrogens with two attached hydrogens (primary N) is 1. The first-order chi connectivity index (χ1) is 10.2. The van der Waals surface area contributed by atoms with Crippen LogP contribution < -0.4 is 10.5 Å². The van der Waals surface area contributed by atoms with Crippen molar-refractivity contribution in [2.75, 3.05) is 26.2 Å². The van der Waals surface area contributed by atoms with Crippen LogP contribution >= 0.6 is 0 Å². The van der Waals surface area contributed by atoms with E-state index in [1.54, 1.807) is 0 Å². The first kappa shape index (κ1) is 15.8. The molecule has 1 fully saturated rings. The molecule has 4 nitrogen and oxygen atoms in total. The van der Waals surface area contributed by atoms with Crippen LogP contribution in [0.15, 0.2) is 24.3 Å². The van der Waals surface area contributed by atoms with Crippen molar-refractivity contribution >= 4 is 5.84 Å². The molecule has 1 aromatic carbocycles. The molecule has 0 bridgehead atoms. The number of nitrogens with zero attached hydrogens (tertiary/aromatic N) is 1. The van der Waals surface area contributed by atoms with E-state index < -0.39 is 0 Å². The molecule has 1 saturated heterocycles. The fraction of sp³-hybridized carbons (Fsp3) is 0.588. The fourth-order valence-electron chi connectivity index (χ4n) is 2.88. The van der Waals surface area contributed by atoms with Gasteiger partial charge in [0.15, 0.2) is 0 Å². The van der Waals surface area contributed by atoms with E-state index >= 15 is 0 Å². The smallest absolute Gasteiger partial charge is 0.122 e. The Balaban J connectivity index is 1.72. The molecule has 1 atom stereocenters. The summed E-state index contributed by atoms with van der Waals surface area (Å²) in [7, 11) is 0. The number of hydrogen-bond donors (Lipinski definition) is 2. The average Bonchev–Trinajstić information content (AvgIpc) is 2.73. The van der Waals surface area contributed by atoms with Gasteiger partial charge in [-0.2, -0.15) is 0 Å². The summed E-state index contributed by atoms with van der Waals surface area (Å²) in [5.41, 5.74) is 6.17. The Labute approximate surface area is 127 Å². The second-order valence-corrected chi connectivity index (χ2v) is 5.83. The highest BCUT2D eigenvalue weighted by Gasteiger charge is 2.15. The lowest BCUT2D eigenvalue weighted by molar-refractivity contribution is 0.212. The predicted octanol–water partition coefficient (Wildman–Crippen LogP) is 2.86. The molecule has 0 radical (unpaired) electrons. The molecule has 1 aliphatic rings. The quantitative estimate of drug-likeness (QED) is 0.625. The molecule has 1 heterocycles. The van der Waals surface area contributed by atoms with E-state index in [0.717, 1.165) is 30.4 Å². The minimum Gasteiger partial charge on any atom is -0.492 e. The average molecular weight is 289 g/mol. The van der Waals surface area contributed by atoms with Crippen LogP contribution in [0.3, 0.4) is 0 Å². The summed E-state index contributed by atoms with van der Waals surface area (Å²) in [6.07, 6.45) is 5.32. The Morgan fingerprint density at radius 2 is 2.05 bits per heavy atom. The van der Waals surface area contributed by atoms with Gasteiger partial charge in [-0.25, -0.2) is 0 Å². The Bertz CT molecular complexity index is 444. The first-order valence-corrected chi connectivity index (χ1v) is 7.98. The van der Waals surface area contributed by atoms with E-state index in [0.29, 0.717) is 0 Å². The van der Waals surface area contributed by atoms with Crippen molar-refractivity contribution in [2.24, 2.45) is 11.7 Å². The normalized spacial score (nSPS) is 20.0. The van der Waals surface area contributed by atoms with Gasteiger partial charge in [-0.3, -0.25) is 10.3 Å². The topological polar surface area (TPSA) is 62.3 Å². The van der Waals surface area contributed by atoms with Crippen molar-refractivity contribution in [3.8, 4) is 5.75 Å². The molecule has 0 saturated carbocycles. The van der Waals surface area contributed by atoms with Crippen molar-refractivity contribution in [1.82, 2.24) is 4.90 Å². The summed E-state index contributed by atoms with van der Waals surface area (Å²) in [6, 6.07) is 7.42. The number of benzene rings is 1. The number of hydrogen-bond acceptors (Lipinski definition) is 3. The maximum Gasteiger partial charge on any atom is 0.122 e. The molecule has 3 N–H and O–H groups in total. The van der Waals surface area contributed by atoms with Crippen molar-refractivity contribution in [3.63, 3.8) is 0 Å². The summed E-state index contributed by atoms with van der Waals surface area (Å²) in [6.45, 7) is 6.41. The number of likely N-dealkylation sites (tertiary alicyclic amines) is 1. The highest BCUT2D eigenvalue weighted by Crippen LogP contribution is 2.20. The third-order valence-electron chi connectivity index (χ3n) is 4.36.